The Morgan fingerprint density at radius 1 is 1.33 bits per heavy atom. The highest BCUT2D eigenvalue weighted by atomic mass is 19.1. The van der Waals surface area contributed by atoms with E-state index in [0.29, 0.717) is 11.5 Å². The molecule has 3 aromatic rings. The average Bonchev–Trinajstić information content (AvgIpc) is 2.63. The number of phenols is 1. The fraction of sp³-hybridized carbons (Fsp3) is 0.158. The number of anilines is 2. The average molecular weight is 371 g/mol. The first-order chi connectivity index (χ1) is 12.9. The smallest absolute Gasteiger partial charge is 0.330 e. The van der Waals surface area contributed by atoms with Crippen LogP contribution in [-0.4, -0.2) is 27.8 Å². The molecule has 140 valence electrons. The molecular weight excluding hydrogens is 353 g/mol. The minimum atomic E-state index is -1.44. The molecule has 0 aliphatic heterocycles. The molecule has 0 fully saturated rings. The Bertz CT molecular complexity index is 1010. The Labute approximate surface area is 154 Å². The van der Waals surface area contributed by atoms with Gasteiger partial charge in [0.2, 0.25) is 0 Å². The summed E-state index contributed by atoms with van der Waals surface area (Å²) in [7, 11) is 0. The number of ether oxygens (including phenoxy) is 1. The Morgan fingerprint density at radius 3 is 2.81 bits per heavy atom. The lowest BCUT2D eigenvalue weighted by atomic mass is 10.0. The molecule has 0 radical (unpaired) electrons. The van der Waals surface area contributed by atoms with Gasteiger partial charge in [-0.2, -0.15) is 0 Å². The zero-order valence-corrected chi connectivity index (χ0v) is 14.4. The van der Waals surface area contributed by atoms with Crippen LogP contribution in [0.25, 0.3) is 10.8 Å². The minimum Gasteiger partial charge on any atom is -0.505 e. The van der Waals surface area contributed by atoms with E-state index in [-0.39, 0.29) is 17.9 Å². The summed E-state index contributed by atoms with van der Waals surface area (Å²) >= 11 is 0. The normalized spacial score (nSPS) is 11.9. The van der Waals surface area contributed by atoms with Crippen LogP contribution in [-0.2, 0) is 4.79 Å². The number of phenolic OH excluding ortho intramolecular Hbond substituents is 1. The molecule has 0 saturated carbocycles. The molecule has 0 bridgehead atoms. The van der Waals surface area contributed by atoms with Crippen molar-refractivity contribution in [3.8, 4) is 11.5 Å². The number of rotatable bonds is 6. The predicted molar refractivity (Wildman–Crippen MR) is 99.4 cm³/mol. The van der Waals surface area contributed by atoms with Gasteiger partial charge in [-0.05, 0) is 42.6 Å². The number of aliphatic carboxylic acids is 1. The van der Waals surface area contributed by atoms with Crippen LogP contribution >= 0.6 is 0 Å². The first kappa shape index (κ1) is 18.2. The van der Waals surface area contributed by atoms with Gasteiger partial charge >= 0.3 is 5.97 Å². The van der Waals surface area contributed by atoms with E-state index in [1.807, 2.05) is 0 Å². The molecule has 0 spiro atoms. The lowest BCUT2D eigenvalue weighted by molar-refractivity contribution is -0.138. The van der Waals surface area contributed by atoms with E-state index in [2.05, 4.69) is 10.3 Å². The highest BCUT2D eigenvalue weighted by Gasteiger charge is 2.26. The van der Waals surface area contributed by atoms with Crippen molar-refractivity contribution in [1.82, 2.24) is 4.98 Å². The third-order valence-corrected chi connectivity index (χ3v) is 4.03. The highest BCUT2D eigenvalue weighted by molar-refractivity contribution is 5.93. The van der Waals surface area contributed by atoms with Crippen molar-refractivity contribution < 1.29 is 24.1 Å². The maximum Gasteiger partial charge on any atom is 0.330 e. The van der Waals surface area contributed by atoms with Gasteiger partial charge in [0.25, 0.3) is 0 Å². The lowest BCUT2D eigenvalue weighted by Gasteiger charge is -2.19. The summed E-state index contributed by atoms with van der Waals surface area (Å²) in [5.74, 6) is -2.48. The predicted octanol–water partition coefficient (Wildman–Crippen LogP) is 3.30. The van der Waals surface area contributed by atoms with E-state index in [4.69, 9.17) is 10.5 Å². The van der Waals surface area contributed by atoms with Gasteiger partial charge in [-0.3, -0.25) is 0 Å². The summed E-state index contributed by atoms with van der Waals surface area (Å²) < 4.78 is 19.7. The number of nitrogens with zero attached hydrogens (tertiary/aromatic N) is 1. The van der Waals surface area contributed by atoms with Crippen molar-refractivity contribution in [3.63, 3.8) is 0 Å². The second-order valence-electron chi connectivity index (χ2n) is 5.83. The molecule has 8 heteroatoms. The van der Waals surface area contributed by atoms with Gasteiger partial charge in [-0.15, -0.1) is 0 Å². The maximum absolute atomic E-state index is 14.4. The van der Waals surface area contributed by atoms with Gasteiger partial charge in [-0.1, -0.05) is 0 Å². The van der Waals surface area contributed by atoms with Crippen molar-refractivity contribution in [3.05, 3.63) is 54.0 Å². The third kappa shape index (κ3) is 3.69. The fourth-order valence-electron chi connectivity index (χ4n) is 2.79. The first-order valence-electron chi connectivity index (χ1n) is 8.19. The molecule has 27 heavy (non-hydrogen) atoms. The molecule has 0 amide bonds. The minimum absolute atomic E-state index is 0.178. The van der Waals surface area contributed by atoms with Crippen LogP contribution in [0.4, 0.5) is 15.9 Å². The molecule has 0 aliphatic rings. The van der Waals surface area contributed by atoms with Crippen LogP contribution in [0.15, 0.2) is 42.6 Å². The number of halogens is 1. The number of nitrogen functional groups attached to an aromatic ring is 1. The number of hydrogen-bond acceptors (Lipinski definition) is 6. The molecule has 5 N–H and O–H groups in total. The number of nitrogens with two attached hydrogens (primary N) is 1. The lowest BCUT2D eigenvalue weighted by Crippen LogP contribution is -2.22. The van der Waals surface area contributed by atoms with Gasteiger partial charge in [0.1, 0.15) is 11.6 Å². The van der Waals surface area contributed by atoms with E-state index < -0.39 is 23.6 Å². The molecule has 1 unspecified atom stereocenters. The number of hydrogen-bond donors (Lipinski definition) is 4. The van der Waals surface area contributed by atoms with Crippen LogP contribution in [0, 0.1) is 5.82 Å². The molecular formula is C19H18FN3O4. The molecule has 0 aliphatic carbocycles. The molecule has 1 atom stereocenters. The fourth-order valence-corrected chi connectivity index (χ4v) is 2.79. The second-order valence-corrected chi connectivity index (χ2v) is 5.83. The number of carboxylic acid groups (broad SMARTS) is 1. The number of benzene rings is 2. The van der Waals surface area contributed by atoms with Crippen molar-refractivity contribution in [2.45, 2.75) is 13.0 Å². The van der Waals surface area contributed by atoms with E-state index in [0.717, 1.165) is 16.8 Å². The number of pyridine rings is 1. The summed E-state index contributed by atoms with van der Waals surface area (Å²) in [6.45, 7) is 2.01. The van der Waals surface area contributed by atoms with Crippen LogP contribution in [0.5, 0.6) is 11.5 Å². The summed E-state index contributed by atoms with van der Waals surface area (Å²) in [5.41, 5.74) is 6.02. The monoisotopic (exact) mass is 371 g/mol. The van der Waals surface area contributed by atoms with Crippen LogP contribution in [0.2, 0.25) is 0 Å². The van der Waals surface area contributed by atoms with E-state index in [9.17, 15) is 19.4 Å². The first-order valence-corrected chi connectivity index (χ1v) is 8.19. The number of carbonyl (C=O) groups is 1. The van der Waals surface area contributed by atoms with Gasteiger partial charge in [0.05, 0.1) is 6.61 Å². The topological polar surface area (TPSA) is 118 Å². The number of carboxylic acids is 1. The number of aromatic nitrogens is 1. The Hall–Kier alpha value is -3.55. The molecule has 0 saturated heterocycles. The largest absolute Gasteiger partial charge is 0.505 e. The van der Waals surface area contributed by atoms with Crippen LogP contribution < -0.4 is 15.8 Å². The molecule has 1 heterocycles. The molecule has 2 aromatic carbocycles. The Kier molecular flexibility index (Phi) is 4.98. The van der Waals surface area contributed by atoms with Gasteiger partial charge < -0.3 is 26.0 Å². The summed E-state index contributed by atoms with van der Waals surface area (Å²) in [5, 5.41) is 23.6. The van der Waals surface area contributed by atoms with Gasteiger partial charge in [0, 0.05) is 28.9 Å². The second kappa shape index (κ2) is 7.36. The van der Waals surface area contributed by atoms with Gasteiger partial charge in [-0.25, -0.2) is 14.2 Å². The summed E-state index contributed by atoms with van der Waals surface area (Å²) in [6.07, 6.45) is 1.54. The van der Waals surface area contributed by atoms with Gasteiger partial charge in [0.15, 0.2) is 17.6 Å². The molecule has 7 nitrogen and oxygen atoms in total. The number of aromatic hydroxyl groups is 1. The number of nitrogens with one attached hydrogen (secondary N) is 1. The van der Waals surface area contributed by atoms with Crippen molar-refractivity contribution in [1.29, 1.82) is 0 Å². The highest BCUT2D eigenvalue weighted by Crippen LogP contribution is 2.33. The summed E-state index contributed by atoms with van der Waals surface area (Å²) in [6, 6.07) is 7.67. The Morgan fingerprint density at radius 2 is 2.11 bits per heavy atom. The van der Waals surface area contributed by atoms with Crippen molar-refractivity contribution >= 4 is 28.2 Å². The SMILES string of the molecule is CCOc1cc(O)c(F)c(C(Nc2ccc3c(N)nccc3c2)C(=O)O)c1. The van der Waals surface area contributed by atoms with Crippen molar-refractivity contribution in [2.24, 2.45) is 0 Å². The Balaban J connectivity index is 2.01. The standard InChI is InChI=1S/C19H18FN3O4/c1-2-27-12-8-14(16(20)15(24)9-12)17(19(25)26)23-11-3-4-13-10(7-11)5-6-22-18(13)21/h3-9,17,23-24H,2H2,1H3,(H2,21,22)(H,25,26). The van der Waals surface area contributed by atoms with Crippen LogP contribution in [0.1, 0.15) is 18.5 Å². The van der Waals surface area contributed by atoms with Crippen LogP contribution in [0.3, 0.4) is 0 Å². The van der Waals surface area contributed by atoms with E-state index >= 15 is 0 Å². The maximum atomic E-state index is 14.4. The quantitative estimate of drug-likeness (QED) is 0.525. The summed E-state index contributed by atoms with van der Waals surface area (Å²) in [4.78, 5) is 15.8. The molecule has 1 aromatic heterocycles. The third-order valence-electron chi connectivity index (χ3n) is 4.03. The zero-order chi connectivity index (χ0) is 19.6. The van der Waals surface area contributed by atoms with Crippen molar-refractivity contribution in [2.75, 3.05) is 17.7 Å². The van der Waals surface area contributed by atoms with E-state index in [1.54, 1.807) is 37.4 Å². The number of fused-ring (bicyclic) bond motifs is 1. The van der Waals surface area contributed by atoms with E-state index in [1.165, 1.54) is 6.07 Å². The molecule has 3 rings (SSSR count). The zero-order valence-electron chi connectivity index (χ0n) is 14.4.